The van der Waals surface area contributed by atoms with Crippen molar-refractivity contribution in [2.24, 2.45) is 0 Å². The van der Waals surface area contributed by atoms with Crippen molar-refractivity contribution in [1.29, 1.82) is 0 Å². The lowest BCUT2D eigenvalue weighted by Gasteiger charge is -2.33. The summed E-state index contributed by atoms with van der Waals surface area (Å²) < 4.78 is 6.36. The van der Waals surface area contributed by atoms with E-state index in [9.17, 15) is 9.59 Å². The number of benzene rings is 2. The number of rotatable bonds is 4. The molecule has 0 fully saturated rings. The van der Waals surface area contributed by atoms with Gasteiger partial charge in [-0.25, -0.2) is 4.79 Å². The number of carbonyl (C=O) groups excluding carboxylic acids is 2. The number of hydrogen-bond donors (Lipinski definition) is 0. The van der Waals surface area contributed by atoms with Crippen LogP contribution in [-0.4, -0.2) is 17.9 Å². The van der Waals surface area contributed by atoms with Crippen molar-refractivity contribution in [1.82, 2.24) is 0 Å². The molecule has 0 aliphatic carbocycles. The van der Waals surface area contributed by atoms with Crippen molar-refractivity contribution in [3.63, 3.8) is 0 Å². The molecular formula is C19H18BrNO3. The number of fused-ring (bicyclic) bond motifs is 1. The molecule has 3 rings (SSSR count). The molecule has 5 heteroatoms. The molecule has 0 radical (unpaired) electrons. The fourth-order valence-corrected chi connectivity index (χ4v) is 3.27. The number of amides is 1. The van der Waals surface area contributed by atoms with Crippen LogP contribution in [0.3, 0.4) is 0 Å². The molecule has 1 heterocycles. The largest absolute Gasteiger partial charge is 0.459 e. The number of ether oxygens (including phenoxy) is 1. The van der Waals surface area contributed by atoms with Crippen LogP contribution in [0.4, 0.5) is 5.69 Å². The highest BCUT2D eigenvalue weighted by atomic mass is 79.9. The fourth-order valence-electron chi connectivity index (χ4n) is 2.87. The minimum atomic E-state index is -0.651. The number of aryl methyl sites for hydroxylation is 1. The van der Waals surface area contributed by atoms with Crippen molar-refractivity contribution in [3.05, 3.63) is 64.1 Å². The fraction of sp³-hybridized carbons (Fsp3) is 0.263. The van der Waals surface area contributed by atoms with E-state index in [1.165, 1.54) is 0 Å². The molecule has 0 bridgehead atoms. The highest BCUT2D eigenvalue weighted by molar-refractivity contribution is 9.10. The average Bonchev–Trinajstić information content (AvgIpc) is 2.60. The topological polar surface area (TPSA) is 46.6 Å². The zero-order valence-electron chi connectivity index (χ0n) is 13.4. The van der Waals surface area contributed by atoms with Crippen molar-refractivity contribution >= 4 is 33.5 Å². The second kappa shape index (κ2) is 7.18. The summed E-state index contributed by atoms with van der Waals surface area (Å²) in [6.07, 6.45) is 1.09. The van der Waals surface area contributed by atoms with Gasteiger partial charge >= 0.3 is 5.97 Å². The van der Waals surface area contributed by atoms with Crippen molar-refractivity contribution in [2.45, 2.75) is 32.4 Å². The molecule has 0 aromatic heterocycles. The molecule has 2 aromatic rings. The second-order valence-electron chi connectivity index (χ2n) is 5.81. The Balaban J connectivity index is 1.75. The van der Waals surface area contributed by atoms with Gasteiger partial charge in [0.2, 0.25) is 5.91 Å². The second-order valence-corrected chi connectivity index (χ2v) is 6.72. The number of nitrogens with zero attached hydrogens (tertiary/aromatic N) is 1. The van der Waals surface area contributed by atoms with Gasteiger partial charge in [0.15, 0.2) is 0 Å². The van der Waals surface area contributed by atoms with Gasteiger partial charge in [-0.15, -0.1) is 0 Å². The number of carbonyl (C=O) groups is 2. The first kappa shape index (κ1) is 16.7. The lowest BCUT2D eigenvalue weighted by molar-refractivity contribution is -0.147. The van der Waals surface area contributed by atoms with E-state index in [0.717, 1.165) is 21.3 Å². The quantitative estimate of drug-likeness (QED) is 0.748. The lowest BCUT2D eigenvalue weighted by atomic mass is 9.99. The summed E-state index contributed by atoms with van der Waals surface area (Å²) in [6, 6.07) is 14.6. The molecular weight excluding hydrogens is 370 g/mol. The Kier molecular flexibility index (Phi) is 5.00. The maximum atomic E-state index is 12.4. The lowest BCUT2D eigenvalue weighted by Crippen LogP contribution is -2.46. The van der Waals surface area contributed by atoms with Crippen LogP contribution >= 0.6 is 15.9 Å². The van der Waals surface area contributed by atoms with E-state index < -0.39 is 12.0 Å². The summed E-state index contributed by atoms with van der Waals surface area (Å²) in [6.45, 7) is 1.92. The minimum Gasteiger partial charge on any atom is -0.459 e. The van der Waals surface area contributed by atoms with Gasteiger partial charge in [-0.2, -0.15) is 0 Å². The Morgan fingerprint density at radius 2 is 1.96 bits per heavy atom. The SMILES string of the molecule is CC(C(=O)OCc1ccccc1)N1C(=O)CCc2cc(Br)ccc21. The monoisotopic (exact) mass is 387 g/mol. The van der Waals surface area contributed by atoms with Crippen LogP contribution in [0.1, 0.15) is 24.5 Å². The minimum absolute atomic E-state index is 0.0472. The number of halogens is 1. The van der Waals surface area contributed by atoms with E-state index in [0.29, 0.717) is 12.8 Å². The standard InChI is InChI=1S/C19H18BrNO3/c1-13(19(23)24-12-14-5-3-2-4-6-14)21-17-9-8-16(20)11-15(17)7-10-18(21)22/h2-6,8-9,11,13H,7,10,12H2,1H3. The van der Waals surface area contributed by atoms with E-state index in [2.05, 4.69) is 15.9 Å². The zero-order chi connectivity index (χ0) is 17.1. The first-order valence-electron chi connectivity index (χ1n) is 7.87. The molecule has 24 heavy (non-hydrogen) atoms. The highest BCUT2D eigenvalue weighted by Gasteiger charge is 2.32. The third-order valence-corrected chi connectivity index (χ3v) is 4.62. The van der Waals surface area contributed by atoms with E-state index in [4.69, 9.17) is 4.74 Å². The Bertz CT molecular complexity index is 760. The Morgan fingerprint density at radius 3 is 2.71 bits per heavy atom. The van der Waals surface area contributed by atoms with Crippen molar-refractivity contribution in [3.8, 4) is 0 Å². The van der Waals surface area contributed by atoms with Crippen molar-refractivity contribution < 1.29 is 14.3 Å². The Hall–Kier alpha value is -2.14. The van der Waals surface area contributed by atoms with Gasteiger partial charge in [0.05, 0.1) is 0 Å². The third kappa shape index (κ3) is 3.51. The molecule has 2 aromatic carbocycles. The van der Waals surface area contributed by atoms with Crippen LogP contribution in [-0.2, 0) is 27.4 Å². The number of anilines is 1. The van der Waals surface area contributed by atoms with Crippen LogP contribution in [0.15, 0.2) is 53.0 Å². The Labute approximate surface area is 149 Å². The summed E-state index contributed by atoms with van der Waals surface area (Å²) in [5.74, 6) is -0.447. The van der Waals surface area contributed by atoms with Gasteiger partial charge in [-0.05, 0) is 42.7 Å². The molecule has 1 amide bonds. The third-order valence-electron chi connectivity index (χ3n) is 4.13. The predicted molar refractivity (Wildman–Crippen MR) is 95.6 cm³/mol. The molecule has 1 unspecified atom stereocenters. The normalized spacial score (nSPS) is 14.9. The van der Waals surface area contributed by atoms with Gasteiger partial charge < -0.3 is 4.74 Å². The van der Waals surface area contributed by atoms with Crippen LogP contribution in [0.25, 0.3) is 0 Å². The van der Waals surface area contributed by atoms with Gasteiger partial charge in [0, 0.05) is 16.6 Å². The van der Waals surface area contributed by atoms with Gasteiger partial charge in [-0.3, -0.25) is 9.69 Å². The van der Waals surface area contributed by atoms with E-state index in [1.807, 2.05) is 48.5 Å². The summed E-state index contributed by atoms with van der Waals surface area (Å²) in [5.41, 5.74) is 2.78. The van der Waals surface area contributed by atoms with Crippen LogP contribution in [0.5, 0.6) is 0 Å². The molecule has 0 N–H and O–H groups in total. The smallest absolute Gasteiger partial charge is 0.329 e. The molecule has 124 valence electrons. The molecule has 0 spiro atoms. The summed E-state index contributed by atoms with van der Waals surface area (Å²) in [7, 11) is 0. The van der Waals surface area contributed by atoms with Gasteiger partial charge in [-0.1, -0.05) is 46.3 Å². The molecule has 1 aliphatic rings. The summed E-state index contributed by atoms with van der Waals surface area (Å²) in [4.78, 5) is 26.3. The van der Waals surface area contributed by atoms with E-state index >= 15 is 0 Å². The molecule has 0 saturated carbocycles. The molecule has 1 aliphatic heterocycles. The first-order valence-corrected chi connectivity index (χ1v) is 8.66. The van der Waals surface area contributed by atoms with Crippen LogP contribution in [0.2, 0.25) is 0 Å². The van der Waals surface area contributed by atoms with Gasteiger partial charge in [0.25, 0.3) is 0 Å². The van der Waals surface area contributed by atoms with E-state index in [-0.39, 0.29) is 12.5 Å². The highest BCUT2D eigenvalue weighted by Crippen LogP contribution is 2.32. The predicted octanol–water partition coefficient (Wildman–Crippen LogP) is 3.86. The van der Waals surface area contributed by atoms with Crippen molar-refractivity contribution in [2.75, 3.05) is 4.90 Å². The molecule has 4 nitrogen and oxygen atoms in total. The Morgan fingerprint density at radius 1 is 1.21 bits per heavy atom. The molecule has 0 saturated heterocycles. The first-order chi connectivity index (χ1) is 11.6. The zero-order valence-corrected chi connectivity index (χ0v) is 15.0. The summed E-state index contributed by atoms with van der Waals surface area (Å²) >= 11 is 3.45. The van der Waals surface area contributed by atoms with E-state index in [1.54, 1.807) is 11.8 Å². The summed E-state index contributed by atoms with van der Waals surface area (Å²) in [5, 5.41) is 0. The van der Waals surface area contributed by atoms with Gasteiger partial charge in [0.1, 0.15) is 12.6 Å². The van der Waals surface area contributed by atoms with Crippen LogP contribution in [0, 0.1) is 0 Å². The maximum Gasteiger partial charge on any atom is 0.329 e. The maximum absolute atomic E-state index is 12.4. The number of esters is 1. The average molecular weight is 388 g/mol. The molecule has 1 atom stereocenters. The van der Waals surface area contributed by atoms with Crippen LogP contribution < -0.4 is 4.90 Å². The number of hydrogen-bond acceptors (Lipinski definition) is 3.